The van der Waals surface area contributed by atoms with E-state index >= 15 is 0 Å². The third kappa shape index (κ3) is 19.4. The van der Waals surface area contributed by atoms with Gasteiger partial charge in [-0.1, -0.05) is 66.2 Å². The molecule has 2 aliphatic carbocycles. The molecule has 0 nitrogen and oxygen atoms in total. The first-order valence-corrected chi connectivity index (χ1v) is 15.6. The van der Waals surface area contributed by atoms with Gasteiger partial charge in [-0.25, -0.2) is 23.3 Å². The van der Waals surface area contributed by atoms with Crippen LogP contribution in [0.2, 0.25) is 13.1 Å². The molecule has 0 radical (unpaired) electrons. The molecule has 2 aliphatic rings. The van der Waals surface area contributed by atoms with Gasteiger partial charge in [-0.05, 0) is 0 Å². The Morgan fingerprint density at radius 3 is 1.35 bits per heavy atom. The Kier molecular flexibility index (Phi) is 24.6. The van der Waals surface area contributed by atoms with Crippen molar-refractivity contribution >= 4 is 5.43 Å². The van der Waals surface area contributed by atoms with Gasteiger partial charge in [-0.2, -0.15) is 11.1 Å². The average molecular weight is 491 g/mol. The third-order valence-electron chi connectivity index (χ3n) is 3.63. The molecule has 0 N–H and O–H groups in total. The Labute approximate surface area is 191 Å². The minimum atomic E-state index is 0. The zero-order valence-electron chi connectivity index (χ0n) is 17.6. The zero-order chi connectivity index (χ0) is 18.4. The molecule has 2 rings (SSSR count). The van der Waals surface area contributed by atoms with E-state index in [4.69, 9.17) is 0 Å². The monoisotopic (exact) mass is 488 g/mol. The number of rotatable bonds is 6. The van der Waals surface area contributed by atoms with Gasteiger partial charge in [0, 0.05) is 0 Å². The van der Waals surface area contributed by atoms with Crippen molar-refractivity contribution in [3.8, 4) is 0 Å². The average Bonchev–Trinajstić information content (AvgIpc) is 3.11. The molecule has 0 saturated heterocycles. The fourth-order valence-electron chi connectivity index (χ4n) is 2.36. The summed E-state index contributed by atoms with van der Waals surface area (Å²) in [5, 5.41) is 0. The van der Waals surface area contributed by atoms with Gasteiger partial charge >= 0.3 is 41.9 Å². The van der Waals surface area contributed by atoms with Crippen LogP contribution in [-0.2, 0) is 23.3 Å². The Balaban J connectivity index is -0.000000319. The predicted molar refractivity (Wildman–Crippen MR) is 107 cm³/mol. The Bertz CT molecular complexity index is 458. The van der Waals surface area contributed by atoms with E-state index in [2.05, 4.69) is 65.1 Å². The van der Waals surface area contributed by atoms with Gasteiger partial charge in [-0.15, -0.1) is 12.8 Å². The smallest absolute Gasteiger partial charge is 1.00 e. The molecule has 0 bridgehead atoms. The molecule has 0 heterocycles. The standard InChI is InChI=1S/2C10H15.C2H6Si.2ClH.Zr/c2*1-3-4-5-10-7-6-9(2)8-10;1-3-2;;;/h2*8H,3-6H2,1-2H3;1-2H3;2*1H;/q2*-1;;;;+2/p-2. The fourth-order valence-corrected chi connectivity index (χ4v) is 2.36. The predicted octanol–water partition coefficient (Wildman–Crippen LogP) is 1.30. The van der Waals surface area contributed by atoms with E-state index in [0.717, 1.165) is 12.8 Å². The van der Waals surface area contributed by atoms with Crippen LogP contribution in [0.15, 0.2) is 34.4 Å². The van der Waals surface area contributed by atoms with Gasteiger partial charge < -0.3 is 24.8 Å². The summed E-state index contributed by atoms with van der Waals surface area (Å²) in [5.74, 6) is 0. The van der Waals surface area contributed by atoms with Crippen molar-refractivity contribution in [1.29, 1.82) is 0 Å². The van der Waals surface area contributed by atoms with E-state index in [-0.39, 0.29) is 30.2 Å². The topological polar surface area (TPSA) is 0 Å². The van der Waals surface area contributed by atoms with Crippen LogP contribution in [0.25, 0.3) is 0 Å². The maximum Gasteiger partial charge on any atom is -1.00 e. The molecule has 0 fully saturated rings. The van der Waals surface area contributed by atoms with Crippen molar-refractivity contribution in [3.05, 3.63) is 46.6 Å². The number of allylic oxidation sites excluding steroid dienone is 8. The molecule has 0 atom stereocenters. The molecule has 0 aromatic heterocycles. The molecule has 0 amide bonds. The Morgan fingerprint density at radius 1 is 0.846 bits per heavy atom. The number of hydrogen-bond donors (Lipinski definition) is 0. The van der Waals surface area contributed by atoms with Crippen molar-refractivity contribution < 1.29 is 48.1 Å². The van der Waals surface area contributed by atoms with Crippen molar-refractivity contribution in [2.24, 2.45) is 0 Å². The van der Waals surface area contributed by atoms with Crippen molar-refractivity contribution in [1.82, 2.24) is 0 Å². The van der Waals surface area contributed by atoms with Crippen LogP contribution in [0.1, 0.15) is 79.1 Å². The summed E-state index contributed by atoms with van der Waals surface area (Å²) in [5.41, 5.74) is 6.00. The minimum absolute atomic E-state index is 0. The SMILES string of the molecule is CCCCC1=[C-]CC(C)=C1.CCCCC1=[C-]CC(C)=C1.C[Si](C)=[Zr+2].[Cl-].[Cl-]. The Morgan fingerprint density at radius 2 is 1.15 bits per heavy atom. The third-order valence-corrected chi connectivity index (χ3v) is 3.63. The van der Waals surface area contributed by atoms with E-state index in [1.165, 1.54) is 60.8 Å². The Hall–Kier alpha value is 0.640. The van der Waals surface area contributed by atoms with Gasteiger partial charge in [0.2, 0.25) is 0 Å². The summed E-state index contributed by atoms with van der Waals surface area (Å²) >= 11 is 1.74. The van der Waals surface area contributed by atoms with E-state index in [1.54, 1.807) is 23.3 Å². The van der Waals surface area contributed by atoms with Crippen LogP contribution in [0.3, 0.4) is 0 Å². The van der Waals surface area contributed by atoms with Crippen LogP contribution in [0.4, 0.5) is 0 Å². The van der Waals surface area contributed by atoms with Crippen LogP contribution in [0, 0.1) is 12.2 Å². The molecule has 0 saturated carbocycles. The molecule has 0 aromatic rings. The summed E-state index contributed by atoms with van der Waals surface area (Å²) in [4.78, 5) is 0. The van der Waals surface area contributed by atoms with Crippen LogP contribution < -0.4 is 24.8 Å². The van der Waals surface area contributed by atoms with Gasteiger partial charge in [0.15, 0.2) is 0 Å². The first-order valence-electron chi connectivity index (χ1n) is 9.44. The molecule has 26 heavy (non-hydrogen) atoms. The largest absolute Gasteiger partial charge is 1.00 e. The zero-order valence-corrected chi connectivity index (χ0v) is 22.5. The molecule has 0 aromatic carbocycles. The second-order valence-electron chi connectivity index (χ2n) is 6.95. The van der Waals surface area contributed by atoms with Gasteiger partial charge in [-0.3, -0.25) is 12.2 Å². The first kappa shape index (κ1) is 31.3. The van der Waals surface area contributed by atoms with Crippen molar-refractivity contribution in [2.45, 2.75) is 92.2 Å². The van der Waals surface area contributed by atoms with Gasteiger partial charge in [0.25, 0.3) is 0 Å². The summed E-state index contributed by atoms with van der Waals surface area (Å²) in [6.45, 7) is 13.4. The van der Waals surface area contributed by atoms with Crippen LogP contribution in [-0.4, -0.2) is 5.43 Å². The number of hydrogen-bond acceptors (Lipinski definition) is 0. The van der Waals surface area contributed by atoms with E-state index in [1.807, 2.05) is 0 Å². The summed E-state index contributed by atoms with van der Waals surface area (Å²) in [7, 11) is 0. The second kappa shape index (κ2) is 20.4. The van der Waals surface area contributed by atoms with E-state index in [0.29, 0.717) is 0 Å². The molecular weight excluding hydrogens is 454 g/mol. The van der Waals surface area contributed by atoms with Gasteiger partial charge in [0.05, 0.1) is 0 Å². The molecule has 148 valence electrons. The maximum atomic E-state index is 3.37. The van der Waals surface area contributed by atoms with Crippen LogP contribution >= 0.6 is 0 Å². The molecular formula is C22H36Cl2SiZr-2. The molecule has 4 heteroatoms. The fraction of sp³-hybridized carbons (Fsp3) is 0.636. The second-order valence-corrected chi connectivity index (χ2v) is 16.3. The van der Waals surface area contributed by atoms with E-state index < -0.39 is 0 Å². The summed E-state index contributed by atoms with van der Waals surface area (Å²) in [6, 6.07) is 0. The summed E-state index contributed by atoms with van der Waals surface area (Å²) < 4.78 is 0. The molecule has 0 aliphatic heterocycles. The normalized spacial score (nSPS) is 14.2. The number of halogens is 2. The molecule has 0 unspecified atom stereocenters. The maximum absolute atomic E-state index is 3.37. The van der Waals surface area contributed by atoms with E-state index in [9.17, 15) is 0 Å². The first-order chi connectivity index (χ1) is 11.4. The van der Waals surface area contributed by atoms with Gasteiger partial charge in [0.1, 0.15) is 0 Å². The number of unbranched alkanes of at least 4 members (excludes halogenated alkanes) is 2. The summed E-state index contributed by atoms with van der Waals surface area (Å²) in [6.07, 6.45) is 21.1. The molecule has 0 spiro atoms. The van der Waals surface area contributed by atoms with Crippen molar-refractivity contribution in [3.63, 3.8) is 0 Å². The quantitative estimate of drug-likeness (QED) is 0.389. The minimum Gasteiger partial charge on any atom is -1.00 e. The van der Waals surface area contributed by atoms with Crippen LogP contribution in [0.5, 0.6) is 0 Å². The van der Waals surface area contributed by atoms with Crippen molar-refractivity contribution in [2.75, 3.05) is 0 Å².